The Morgan fingerprint density at radius 2 is 2.10 bits per heavy atom. The zero-order valence-corrected chi connectivity index (χ0v) is 11.7. The van der Waals surface area contributed by atoms with E-state index in [4.69, 9.17) is 9.47 Å². The highest BCUT2D eigenvalue weighted by molar-refractivity contribution is 5.53. The maximum absolute atomic E-state index is 11.1. The Balaban J connectivity index is 2.30. The van der Waals surface area contributed by atoms with E-state index >= 15 is 0 Å². The number of nitrogens with one attached hydrogen (secondary N) is 1. The number of nitrogens with zero attached hydrogens (tertiary/aromatic N) is 2. The maximum atomic E-state index is 11.1. The summed E-state index contributed by atoms with van der Waals surface area (Å²) < 4.78 is 10.5. The standard InChI is InChI=1S/C14H15N3O4/c1-3-16-10-6-12(9-15-8-10)21-14-5-4-11(20-2)7-13(14)17(18)19/h4-9,16H,3H2,1-2H3. The second kappa shape index (κ2) is 6.56. The Bertz CT molecular complexity index is 646. The molecule has 110 valence electrons. The SMILES string of the molecule is CCNc1cncc(Oc2ccc(OC)cc2[N+](=O)[O-])c1. The van der Waals surface area contributed by atoms with E-state index in [2.05, 4.69) is 10.3 Å². The highest BCUT2D eigenvalue weighted by Crippen LogP contribution is 2.34. The number of anilines is 1. The highest BCUT2D eigenvalue weighted by atomic mass is 16.6. The molecule has 0 spiro atoms. The van der Waals surface area contributed by atoms with Gasteiger partial charge in [0.2, 0.25) is 5.75 Å². The van der Waals surface area contributed by atoms with Crippen molar-refractivity contribution in [3.63, 3.8) is 0 Å². The van der Waals surface area contributed by atoms with Crippen LogP contribution in [0.1, 0.15) is 6.92 Å². The molecule has 1 heterocycles. The van der Waals surface area contributed by atoms with E-state index < -0.39 is 4.92 Å². The van der Waals surface area contributed by atoms with Gasteiger partial charge in [0.15, 0.2) is 0 Å². The number of nitro groups is 1. The summed E-state index contributed by atoms with van der Waals surface area (Å²) in [4.78, 5) is 14.6. The fourth-order valence-corrected chi connectivity index (χ4v) is 1.76. The van der Waals surface area contributed by atoms with Crippen molar-refractivity contribution >= 4 is 11.4 Å². The molecule has 1 aromatic heterocycles. The zero-order valence-electron chi connectivity index (χ0n) is 11.7. The number of methoxy groups -OCH3 is 1. The quantitative estimate of drug-likeness (QED) is 0.649. The minimum absolute atomic E-state index is 0.135. The summed E-state index contributed by atoms with van der Waals surface area (Å²) in [5.74, 6) is 0.951. The molecule has 21 heavy (non-hydrogen) atoms. The van der Waals surface area contributed by atoms with Crippen LogP contribution in [0.15, 0.2) is 36.7 Å². The summed E-state index contributed by atoms with van der Waals surface area (Å²) in [6, 6.07) is 6.14. The van der Waals surface area contributed by atoms with E-state index in [1.54, 1.807) is 18.3 Å². The fraction of sp³-hybridized carbons (Fsp3) is 0.214. The van der Waals surface area contributed by atoms with Crippen LogP contribution in [0.25, 0.3) is 0 Å². The molecule has 1 aromatic carbocycles. The average molecular weight is 289 g/mol. The molecule has 0 amide bonds. The molecular weight excluding hydrogens is 274 g/mol. The largest absolute Gasteiger partial charge is 0.496 e. The Kier molecular flexibility index (Phi) is 4.55. The zero-order chi connectivity index (χ0) is 15.2. The fourth-order valence-electron chi connectivity index (χ4n) is 1.76. The summed E-state index contributed by atoms with van der Waals surface area (Å²) in [5, 5.41) is 14.2. The van der Waals surface area contributed by atoms with Crippen molar-refractivity contribution in [2.45, 2.75) is 6.92 Å². The number of rotatable bonds is 6. The second-order valence-electron chi connectivity index (χ2n) is 4.13. The van der Waals surface area contributed by atoms with Crippen LogP contribution in [-0.4, -0.2) is 23.6 Å². The molecule has 0 bridgehead atoms. The van der Waals surface area contributed by atoms with Gasteiger partial charge >= 0.3 is 5.69 Å². The number of pyridine rings is 1. The van der Waals surface area contributed by atoms with Crippen molar-refractivity contribution in [3.8, 4) is 17.2 Å². The minimum atomic E-state index is -0.514. The molecule has 0 saturated carbocycles. The number of hydrogen-bond acceptors (Lipinski definition) is 6. The van der Waals surface area contributed by atoms with Crippen LogP contribution in [0.3, 0.4) is 0 Å². The lowest BCUT2D eigenvalue weighted by Gasteiger charge is -2.09. The van der Waals surface area contributed by atoms with Crippen molar-refractivity contribution in [1.82, 2.24) is 4.98 Å². The summed E-state index contributed by atoms with van der Waals surface area (Å²) in [6.07, 6.45) is 3.15. The third kappa shape index (κ3) is 3.59. The lowest BCUT2D eigenvalue weighted by molar-refractivity contribution is -0.385. The molecule has 0 radical (unpaired) electrons. The molecule has 0 atom stereocenters. The van der Waals surface area contributed by atoms with Crippen molar-refractivity contribution in [2.24, 2.45) is 0 Å². The van der Waals surface area contributed by atoms with E-state index in [9.17, 15) is 10.1 Å². The molecule has 0 fully saturated rings. The van der Waals surface area contributed by atoms with Gasteiger partial charge in [-0.3, -0.25) is 15.1 Å². The van der Waals surface area contributed by atoms with Crippen LogP contribution >= 0.6 is 0 Å². The first-order chi connectivity index (χ1) is 10.1. The molecule has 1 N–H and O–H groups in total. The van der Waals surface area contributed by atoms with Crippen LogP contribution in [0.4, 0.5) is 11.4 Å². The molecule has 0 aliphatic carbocycles. The second-order valence-corrected chi connectivity index (χ2v) is 4.13. The van der Waals surface area contributed by atoms with E-state index in [-0.39, 0.29) is 11.4 Å². The van der Waals surface area contributed by atoms with Crippen LogP contribution in [0, 0.1) is 10.1 Å². The molecule has 7 heteroatoms. The molecule has 0 saturated heterocycles. The van der Waals surface area contributed by atoms with E-state index in [1.807, 2.05) is 6.92 Å². The number of aromatic nitrogens is 1. The first-order valence-corrected chi connectivity index (χ1v) is 6.33. The van der Waals surface area contributed by atoms with Crippen LogP contribution < -0.4 is 14.8 Å². The molecule has 7 nitrogen and oxygen atoms in total. The van der Waals surface area contributed by atoms with E-state index in [1.165, 1.54) is 25.4 Å². The number of benzene rings is 1. The van der Waals surface area contributed by atoms with Gasteiger partial charge in [-0.05, 0) is 19.1 Å². The van der Waals surface area contributed by atoms with Gasteiger partial charge in [-0.25, -0.2) is 0 Å². The lowest BCUT2D eigenvalue weighted by atomic mass is 10.2. The van der Waals surface area contributed by atoms with Gasteiger partial charge < -0.3 is 14.8 Å². The van der Waals surface area contributed by atoms with Crippen molar-refractivity contribution in [3.05, 3.63) is 46.8 Å². The molecule has 0 aliphatic rings. The Hall–Kier alpha value is -2.83. The molecular formula is C14H15N3O4. The van der Waals surface area contributed by atoms with Gasteiger partial charge in [0.05, 0.1) is 36.2 Å². The number of nitro benzene ring substituents is 1. The Morgan fingerprint density at radius 1 is 1.29 bits per heavy atom. The summed E-state index contributed by atoms with van der Waals surface area (Å²) in [5.41, 5.74) is 0.620. The Labute approximate surface area is 121 Å². The first kappa shape index (κ1) is 14.6. The predicted octanol–water partition coefficient (Wildman–Crippen LogP) is 3.22. The topological polar surface area (TPSA) is 86.5 Å². The van der Waals surface area contributed by atoms with E-state index in [0.29, 0.717) is 11.5 Å². The Morgan fingerprint density at radius 3 is 2.76 bits per heavy atom. The minimum Gasteiger partial charge on any atom is -0.496 e. The maximum Gasteiger partial charge on any atom is 0.315 e. The third-order valence-corrected chi connectivity index (χ3v) is 2.68. The number of ether oxygens (including phenoxy) is 2. The first-order valence-electron chi connectivity index (χ1n) is 6.33. The highest BCUT2D eigenvalue weighted by Gasteiger charge is 2.17. The smallest absolute Gasteiger partial charge is 0.315 e. The third-order valence-electron chi connectivity index (χ3n) is 2.68. The monoisotopic (exact) mass is 289 g/mol. The van der Waals surface area contributed by atoms with Crippen molar-refractivity contribution < 1.29 is 14.4 Å². The summed E-state index contributed by atoms with van der Waals surface area (Å²) >= 11 is 0. The summed E-state index contributed by atoms with van der Waals surface area (Å²) in [6.45, 7) is 2.70. The van der Waals surface area contributed by atoms with Gasteiger partial charge in [-0.1, -0.05) is 0 Å². The van der Waals surface area contributed by atoms with Gasteiger partial charge in [0, 0.05) is 12.6 Å². The molecule has 2 rings (SSSR count). The predicted molar refractivity (Wildman–Crippen MR) is 78.1 cm³/mol. The van der Waals surface area contributed by atoms with Gasteiger partial charge in [-0.15, -0.1) is 0 Å². The van der Waals surface area contributed by atoms with E-state index in [0.717, 1.165) is 12.2 Å². The molecule has 2 aromatic rings. The van der Waals surface area contributed by atoms with Crippen LogP contribution in [-0.2, 0) is 0 Å². The van der Waals surface area contributed by atoms with Crippen LogP contribution in [0.5, 0.6) is 17.2 Å². The van der Waals surface area contributed by atoms with Crippen molar-refractivity contribution in [2.75, 3.05) is 19.0 Å². The molecule has 0 aliphatic heterocycles. The number of hydrogen-bond donors (Lipinski definition) is 1. The van der Waals surface area contributed by atoms with Crippen molar-refractivity contribution in [1.29, 1.82) is 0 Å². The lowest BCUT2D eigenvalue weighted by Crippen LogP contribution is -1.98. The average Bonchev–Trinajstić information content (AvgIpc) is 2.48. The van der Waals surface area contributed by atoms with Crippen LogP contribution in [0.2, 0.25) is 0 Å². The van der Waals surface area contributed by atoms with Gasteiger partial charge in [0.25, 0.3) is 0 Å². The van der Waals surface area contributed by atoms with Gasteiger partial charge in [0.1, 0.15) is 11.5 Å². The normalized spacial score (nSPS) is 10.0. The van der Waals surface area contributed by atoms with Gasteiger partial charge in [-0.2, -0.15) is 0 Å². The summed E-state index contributed by atoms with van der Waals surface area (Å²) in [7, 11) is 1.45. The molecule has 0 unspecified atom stereocenters.